The highest BCUT2D eigenvalue weighted by Crippen LogP contribution is 2.22. The molecule has 0 radical (unpaired) electrons. The second kappa shape index (κ2) is 8.37. The Bertz CT molecular complexity index is 761. The average Bonchev–Trinajstić information content (AvgIpc) is 2.65. The molecule has 0 unspecified atom stereocenters. The van der Waals surface area contributed by atoms with Crippen LogP contribution >= 0.6 is 0 Å². The first kappa shape index (κ1) is 21.3. The van der Waals surface area contributed by atoms with Crippen LogP contribution in [0, 0.1) is 16.0 Å². The molecule has 0 aromatic heterocycles. The van der Waals surface area contributed by atoms with Gasteiger partial charge in [-0.05, 0) is 45.7 Å². The Morgan fingerprint density at radius 1 is 1.14 bits per heavy atom. The third-order valence-electron chi connectivity index (χ3n) is 4.46. The van der Waals surface area contributed by atoms with E-state index in [2.05, 4.69) is 0 Å². The van der Waals surface area contributed by atoms with E-state index in [0.717, 1.165) is 4.90 Å². The summed E-state index contributed by atoms with van der Waals surface area (Å²) in [6.07, 6.45) is 0.472. The van der Waals surface area contributed by atoms with E-state index in [9.17, 15) is 24.5 Å². The number of hydrogen-bond donors (Lipinski definition) is 0. The molecule has 1 aliphatic rings. The smallest absolute Gasteiger partial charge is 0.410 e. The Hall–Kier alpha value is -2.97. The molecule has 3 amide bonds. The lowest BCUT2D eigenvalue weighted by Gasteiger charge is -2.34. The second-order valence-corrected chi connectivity index (χ2v) is 7.75. The Morgan fingerprint density at radius 2 is 1.68 bits per heavy atom. The van der Waals surface area contributed by atoms with Crippen molar-refractivity contribution in [3.63, 3.8) is 0 Å². The second-order valence-electron chi connectivity index (χ2n) is 7.75. The molecule has 1 aliphatic heterocycles. The molecular formula is C19H25N3O6. The zero-order valence-electron chi connectivity index (χ0n) is 16.5. The number of carbonyl (C=O) groups is 3. The summed E-state index contributed by atoms with van der Waals surface area (Å²) >= 11 is 0. The van der Waals surface area contributed by atoms with E-state index in [4.69, 9.17) is 4.74 Å². The molecule has 1 aromatic carbocycles. The number of nitrogens with zero attached hydrogens (tertiary/aromatic N) is 3. The molecule has 0 atom stereocenters. The van der Waals surface area contributed by atoms with Crippen LogP contribution in [0.15, 0.2) is 24.3 Å². The predicted octanol–water partition coefficient (Wildman–Crippen LogP) is 2.84. The first-order valence-electron chi connectivity index (χ1n) is 9.04. The van der Waals surface area contributed by atoms with Crippen LogP contribution in [0.5, 0.6) is 0 Å². The molecule has 1 saturated heterocycles. The maximum Gasteiger partial charge on any atom is 0.410 e. The van der Waals surface area contributed by atoms with Crippen molar-refractivity contribution in [1.29, 1.82) is 0 Å². The number of nitro benzene ring substituents is 1. The molecule has 0 bridgehead atoms. The molecule has 28 heavy (non-hydrogen) atoms. The summed E-state index contributed by atoms with van der Waals surface area (Å²) in [4.78, 5) is 50.0. The number of ether oxygens (including phenoxy) is 1. The van der Waals surface area contributed by atoms with Crippen molar-refractivity contribution < 1.29 is 24.0 Å². The molecule has 152 valence electrons. The molecule has 0 aliphatic carbocycles. The van der Waals surface area contributed by atoms with Gasteiger partial charge in [-0.3, -0.25) is 24.6 Å². The van der Waals surface area contributed by atoms with Gasteiger partial charge in [0.1, 0.15) is 5.60 Å². The summed E-state index contributed by atoms with van der Waals surface area (Å²) in [5.74, 6) is -1.22. The Labute approximate surface area is 163 Å². The number of nitro groups is 1. The minimum absolute atomic E-state index is 0.125. The van der Waals surface area contributed by atoms with Gasteiger partial charge in [-0.1, -0.05) is 0 Å². The summed E-state index contributed by atoms with van der Waals surface area (Å²) in [6.45, 7) is 6.13. The molecule has 1 fully saturated rings. The molecule has 9 heteroatoms. The van der Waals surface area contributed by atoms with Crippen molar-refractivity contribution in [3.8, 4) is 0 Å². The summed E-state index contributed by atoms with van der Waals surface area (Å²) < 4.78 is 5.33. The first-order valence-corrected chi connectivity index (χ1v) is 9.04. The van der Waals surface area contributed by atoms with Crippen LogP contribution < -0.4 is 0 Å². The number of rotatable bonds is 3. The largest absolute Gasteiger partial charge is 0.444 e. The number of imide groups is 1. The quantitative estimate of drug-likeness (QED) is 0.445. The molecule has 2 rings (SSSR count). The topological polar surface area (TPSA) is 110 Å². The van der Waals surface area contributed by atoms with Gasteiger partial charge in [-0.25, -0.2) is 4.79 Å². The third kappa shape index (κ3) is 5.28. The zero-order chi connectivity index (χ0) is 21.1. The Balaban J connectivity index is 1.94. The van der Waals surface area contributed by atoms with Crippen molar-refractivity contribution in [1.82, 2.24) is 9.80 Å². The monoisotopic (exact) mass is 391 g/mol. The van der Waals surface area contributed by atoms with Crippen LogP contribution in [0.4, 0.5) is 10.5 Å². The summed E-state index contributed by atoms with van der Waals surface area (Å²) in [7, 11) is 1.40. The normalized spacial score (nSPS) is 15.1. The highest BCUT2D eigenvalue weighted by atomic mass is 16.6. The zero-order valence-corrected chi connectivity index (χ0v) is 16.5. The van der Waals surface area contributed by atoms with E-state index in [1.807, 2.05) is 0 Å². The lowest BCUT2D eigenvalue weighted by atomic mass is 9.95. The molecule has 0 N–H and O–H groups in total. The summed E-state index contributed by atoms with van der Waals surface area (Å²) in [5, 5.41) is 10.7. The van der Waals surface area contributed by atoms with Crippen molar-refractivity contribution >= 4 is 23.6 Å². The van der Waals surface area contributed by atoms with Gasteiger partial charge in [-0.15, -0.1) is 0 Å². The molecule has 0 saturated carbocycles. The van der Waals surface area contributed by atoms with Gasteiger partial charge in [0, 0.05) is 43.8 Å². The van der Waals surface area contributed by atoms with Gasteiger partial charge in [0.2, 0.25) is 5.91 Å². The lowest BCUT2D eigenvalue weighted by Crippen LogP contribution is -2.46. The van der Waals surface area contributed by atoms with E-state index in [1.54, 1.807) is 25.7 Å². The van der Waals surface area contributed by atoms with Crippen LogP contribution in [0.1, 0.15) is 44.0 Å². The Kier molecular flexibility index (Phi) is 6.37. The molecular weight excluding hydrogens is 366 g/mol. The highest BCUT2D eigenvalue weighted by molar-refractivity contribution is 6.05. The standard InChI is InChI=1S/C19H25N3O6/c1-19(2,3)28-18(25)21-11-9-14(10-12-21)17(24)20(4)16(23)13-5-7-15(8-6-13)22(26)27/h5-8,14H,9-12H2,1-4H3. The van der Waals surface area contributed by atoms with Crippen molar-refractivity contribution in [2.24, 2.45) is 5.92 Å². The predicted molar refractivity (Wildman–Crippen MR) is 101 cm³/mol. The first-order chi connectivity index (χ1) is 13.0. The van der Waals surface area contributed by atoms with Gasteiger partial charge in [-0.2, -0.15) is 0 Å². The Morgan fingerprint density at radius 3 is 2.14 bits per heavy atom. The van der Waals surface area contributed by atoms with Crippen molar-refractivity contribution in [2.75, 3.05) is 20.1 Å². The van der Waals surface area contributed by atoms with Gasteiger partial charge in [0.05, 0.1) is 4.92 Å². The average molecular weight is 391 g/mol. The molecule has 1 heterocycles. The summed E-state index contributed by atoms with van der Waals surface area (Å²) in [5.41, 5.74) is -0.506. The minimum Gasteiger partial charge on any atom is -0.444 e. The minimum atomic E-state index is -0.582. The van der Waals surface area contributed by atoms with Crippen LogP contribution in [0.2, 0.25) is 0 Å². The van der Waals surface area contributed by atoms with Crippen molar-refractivity contribution in [2.45, 2.75) is 39.2 Å². The number of carbonyl (C=O) groups excluding carboxylic acids is 3. The summed E-state index contributed by atoms with van der Waals surface area (Å²) in [6, 6.07) is 5.11. The van der Waals surface area contributed by atoms with E-state index in [-0.39, 0.29) is 23.1 Å². The van der Waals surface area contributed by atoms with E-state index >= 15 is 0 Å². The number of hydrogen-bond acceptors (Lipinski definition) is 6. The maximum absolute atomic E-state index is 12.7. The fourth-order valence-electron chi connectivity index (χ4n) is 2.93. The molecule has 1 aromatic rings. The SMILES string of the molecule is CN(C(=O)c1ccc([N+](=O)[O-])cc1)C(=O)C1CCN(C(=O)OC(C)(C)C)CC1. The van der Waals surface area contributed by atoms with Crippen LogP contribution in [0.3, 0.4) is 0 Å². The lowest BCUT2D eigenvalue weighted by molar-refractivity contribution is -0.384. The van der Waals surface area contributed by atoms with E-state index < -0.39 is 22.5 Å². The van der Waals surface area contributed by atoms with Crippen LogP contribution in [-0.2, 0) is 9.53 Å². The number of benzene rings is 1. The fraction of sp³-hybridized carbons (Fsp3) is 0.526. The fourth-order valence-corrected chi connectivity index (χ4v) is 2.93. The number of likely N-dealkylation sites (tertiary alicyclic amines) is 1. The van der Waals surface area contributed by atoms with Crippen LogP contribution in [0.25, 0.3) is 0 Å². The number of amides is 3. The number of piperidine rings is 1. The maximum atomic E-state index is 12.7. The van der Waals surface area contributed by atoms with Gasteiger partial charge in [0.15, 0.2) is 0 Å². The van der Waals surface area contributed by atoms with E-state index in [0.29, 0.717) is 25.9 Å². The van der Waals surface area contributed by atoms with Gasteiger partial charge in [0.25, 0.3) is 11.6 Å². The highest BCUT2D eigenvalue weighted by Gasteiger charge is 2.33. The molecule has 9 nitrogen and oxygen atoms in total. The third-order valence-corrected chi connectivity index (χ3v) is 4.46. The van der Waals surface area contributed by atoms with E-state index in [1.165, 1.54) is 31.3 Å². The van der Waals surface area contributed by atoms with Crippen LogP contribution in [-0.4, -0.2) is 58.4 Å². The van der Waals surface area contributed by atoms with Crippen molar-refractivity contribution in [3.05, 3.63) is 39.9 Å². The van der Waals surface area contributed by atoms with Gasteiger partial charge < -0.3 is 9.64 Å². The van der Waals surface area contributed by atoms with Gasteiger partial charge >= 0.3 is 6.09 Å². The molecule has 0 spiro atoms. The number of non-ortho nitro benzene ring substituents is 1.